The van der Waals surface area contributed by atoms with Crippen molar-refractivity contribution in [2.45, 2.75) is 44.2 Å². The number of fused-ring (bicyclic) bond motifs is 8. The monoisotopic (exact) mass is 434 g/mol. The number of hydrogen-bond donors (Lipinski definition) is 1. The smallest absolute Gasteiger partial charge is 0.254 e. The van der Waals surface area contributed by atoms with E-state index in [1.807, 2.05) is 11.0 Å². The molecule has 3 heteroatoms. The lowest BCUT2D eigenvalue weighted by Gasteiger charge is -2.43. The second-order valence-corrected chi connectivity index (χ2v) is 10.5. The van der Waals surface area contributed by atoms with Crippen molar-refractivity contribution in [3.63, 3.8) is 0 Å². The van der Waals surface area contributed by atoms with E-state index in [1.165, 1.54) is 47.2 Å². The van der Waals surface area contributed by atoms with Crippen molar-refractivity contribution < 1.29 is 4.79 Å². The number of nitrogens with one attached hydrogen (secondary N) is 1. The van der Waals surface area contributed by atoms with Crippen molar-refractivity contribution in [1.82, 2.24) is 4.90 Å². The topological polar surface area (TPSA) is 32.3 Å². The second kappa shape index (κ2) is 7.48. The van der Waals surface area contributed by atoms with E-state index in [9.17, 15) is 4.79 Å². The predicted molar refractivity (Wildman–Crippen MR) is 131 cm³/mol. The summed E-state index contributed by atoms with van der Waals surface area (Å²) in [5, 5.41) is 3.90. The Hall–Kier alpha value is -3.07. The van der Waals surface area contributed by atoms with Gasteiger partial charge in [-0.3, -0.25) is 4.79 Å². The lowest BCUT2D eigenvalue weighted by Crippen LogP contribution is -2.37. The van der Waals surface area contributed by atoms with E-state index < -0.39 is 0 Å². The normalized spacial score (nSPS) is 29.1. The van der Waals surface area contributed by atoms with Crippen molar-refractivity contribution in [2.75, 3.05) is 11.9 Å². The predicted octanol–water partition coefficient (Wildman–Crippen LogP) is 6.18. The van der Waals surface area contributed by atoms with Crippen LogP contribution in [0.25, 0.3) is 0 Å². The highest BCUT2D eigenvalue weighted by Crippen LogP contribution is 2.63. The van der Waals surface area contributed by atoms with E-state index in [-0.39, 0.29) is 5.91 Å². The van der Waals surface area contributed by atoms with Gasteiger partial charge in [0.05, 0.1) is 6.04 Å². The highest BCUT2D eigenvalue weighted by Gasteiger charge is 2.53. The standard InChI is InChI=1S/C30H30N2O/c33-30(32-15-14-19-6-4-5-9-24(19)18-32)23-12-13-26-25(17-23)27-21-10-11-22(16-21)28(27)29(31-26)20-7-2-1-3-8-20/h1-9,12-13,17,21-22,27-29,31H,10-11,14-16,18H2. The fraction of sp³-hybridized carbons (Fsp3) is 0.367. The maximum absolute atomic E-state index is 13.5. The molecule has 5 atom stereocenters. The minimum absolute atomic E-state index is 0.178. The van der Waals surface area contributed by atoms with Crippen LogP contribution in [0.2, 0.25) is 0 Å². The molecule has 0 radical (unpaired) electrons. The summed E-state index contributed by atoms with van der Waals surface area (Å²) in [5.74, 6) is 2.94. The van der Waals surface area contributed by atoms with E-state index in [0.717, 1.165) is 36.9 Å². The first-order chi connectivity index (χ1) is 16.3. The molecule has 4 aliphatic rings. The van der Waals surface area contributed by atoms with Crippen LogP contribution in [0.15, 0.2) is 72.8 Å². The van der Waals surface area contributed by atoms with Gasteiger partial charge in [0.2, 0.25) is 0 Å². The number of nitrogens with zero attached hydrogens (tertiary/aromatic N) is 1. The maximum Gasteiger partial charge on any atom is 0.254 e. The molecule has 2 fully saturated rings. The highest BCUT2D eigenvalue weighted by molar-refractivity contribution is 5.95. The average Bonchev–Trinajstić information content (AvgIpc) is 3.51. The molecule has 1 N–H and O–H groups in total. The van der Waals surface area contributed by atoms with E-state index in [0.29, 0.717) is 17.9 Å². The molecule has 2 aliphatic heterocycles. The molecule has 5 unspecified atom stereocenters. The van der Waals surface area contributed by atoms with Gasteiger partial charge >= 0.3 is 0 Å². The summed E-state index contributed by atoms with van der Waals surface area (Å²) < 4.78 is 0. The Labute approximate surface area is 195 Å². The van der Waals surface area contributed by atoms with Gasteiger partial charge < -0.3 is 10.2 Å². The second-order valence-electron chi connectivity index (χ2n) is 10.5. The molecule has 2 saturated carbocycles. The number of anilines is 1. The van der Waals surface area contributed by atoms with Crippen LogP contribution in [-0.2, 0) is 13.0 Å². The first kappa shape index (κ1) is 19.4. The molecule has 0 spiro atoms. The summed E-state index contributed by atoms with van der Waals surface area (Å²) in [4.78, 5) is 15.6. The molecule has 2 bridgehead atoms. The Bertz CT molecular complexity index is 1220. The molecule has 33 heavy (non-hydrogen) atoms. The Morgan fingerprint density at radius 1 is 0.879 bits per heavy atom. The summed E-state index contributed by atoms with van der Waals surface area (Å²) in [6, 6.07) is 26.4. The highest BCUT2D eigenvalue weighted by atomic mass is 16.2. The van der Waals surface area contributed by atoms with Gasteiger partial charge in [-0.15, -0.1) is 0 Å². The number of rotatable bonds is 2. The summed E-state index contributed by atoms with van der Waals surface area (Å²) in [6.07, 6.45) is 4.99. The molecule has 2 aliphatic carbocycles. The van der Waals surface area contributed by atoms with Crippen molar-refractivity contribution in [2.24, 2.45) is 17.8 Å². The number of hydrogen-bond acceptors (Lipinski definition) is 2. The van der Waals surface area contributed by atoms with Gasteiger partial charge in [-0.25, -0.2) is 0 Å². The molecule has 2 heterocycles. The molecule has 166 valence electrons. The van der Waals surface area contributed by atoms with Crippen LogP contribution in [0.5, 0.6) is 0 Å². The number of carbonyl (C=O) groups is 1. The average molecular weight is 435 g/mol. The van der Waals surface area contributed by atoms with Gasteiger partial charge in [-0.2, -0.15) is 0 Å². The quantitative estimate of drug-likeness (QED) is 0.522. The molecule has 3 aromatic rings. The van der Waals surface area contributed by atoms with E-state index >= 15 is 0 Å². The van der Waals surface area contributed by atoms with Crippen LogP contribution in [0.4, 0.5) is 5.69 Å². The van der Waals surface area contributed by atoms with E-state index in [2.05, 4.69) is 72.0 Å². The van der Waals surface area contributed by atoms with Gasteiger partial charge in [0.15, 0.2) is 0 Å². The maximum atomic E-state index is 13.5. The Balaban J connectivity index is 1.23. The number of carbonyl (C=O) groups excluding carboxylic acids is 1. The summed E-state index contributed by atoms with van der Waals surface area (Å²) in [5.41, 5.74) is 7.55. The minimum Gasteiger partial charge on any atom is -0.378 e. The Morgan fingerprint density at radius 3 is 2.55 bits per heavy atom. The SMILES string of the molecule is O=C(c1ccc2c(c1)C1C3CCC(C3)C1C(c1ccccc1)N2)N1CCc2ccccc2C1. The molecule has 0 saturated heterocycles. The van der Waals surface area contributed by atoms with Crippen LogP contribution < -0.4 is 5.32 Å². The lowest BCUT2D eigenvalue weighted by molar-refractivity contribution is 0.0734. The van der Waals surface area contributed by atoms with E-state index in [4.69, 9.17) is 0 Å². The van der Waals surface area contributed by atoms with Crippen LogP contribution >= 0.6 is 0 Å². The zero-order valence-corrected chi connectivity index (χ0v) is 18.9. The third-order valence-electron chi connectivity index (χ3n) is 8.91. The van der Waals surface area contributed by atoms with Crippen molar-refractivity contribution >= 4 is 11.6 Å². The number of amides is 1. The first-order valence-corrected chi connectivity index (χ1v) is 12.6. The van der Waals surface area contributed by atoms with E-state index in [1.54, 1.807) is 0 Å². The summed E-state index contributed by atoms with van der Waals surface area (Å²) in [6.45, 7) is 1.52. The zero-order valence-electron chi connectivity index (χ0n) is 18.9. The Kier molecular flexibility index (Phi) is 4.40. The van der Waals surface area contributed by atoms with Gasteiger partial charge in [0, 0.05) is 24.3 Å². The fourth-order valence-corrected chi connectivity index (χ4v) is 7.46. The molecule has 1 amide bonds. The van der Waals surface area contributed by atoms with Gasteiger partial charge in [-0.05, 0) is 89.8 Å². The molecule has 0 aromatic heterocycles. The molecular formula is C30H30N2O. The third-order valence-corrected chi connectivity index (χ3v) is 8.91. The first-order valence-electron chi connectivity index (χ1n) is 12.6. The number of benzene rings is 3. The van der Waals surface area contributed by atoms with Gasteiger partial charge in [0.25, 0.3) is 5.91 Å². The third kappa shape index (κ3) is 3.05. The van der Waals surface area contributed by atoms with Crippen molar-refractivity contribution in [3.05, 3.63) is 101 Å². The van der Waals surface area contributed by atoms with Crippen molar-refractivity contribution in [1.29, 1.82) is 0 Å². The van der Waals surface area contributed by atoms with Gasteiger partial charge in [0.1, 0.15) is 0 Å². The van der Waals surface area contributed by atoms with Crippen LogP contribution in [0.3, 0.4) is 0 Å². The van der Waals surface area contributed by atoms with Crippen LogP contribution in [0, 0.1) is 17.8 Å². The molecule has 7 rings (SSSR count). The molecular weight excluding hydrogens is 404 g/mol. The molecule has 3 aromatic carbocycles. The lowest BCUT2D eigenvalue weighted by atomic mass is 9.68. The largest absolute Gasteiger partial charge is 0.378 e. The Morgan fingerprint density at radius 2 is 1.67 bits per heavy atom. The molecule has 3 nitrogen and oxygen atoms in total. The summed E-state index contributed by atoms with van der Waals surface area (Å²) >= 11 is 0. The minimum atomic E-state index is 0.178. The van der Waals surface area contributed by atoms with Gasteiger partial charge in [-0.1, -0.05) is 54.6 Å². The van der Waals surface area contributed by atoms with Crippen LogP contribution in [0.1, 0.15) is 63.8 Å². The fourth-order valence-electron chi connectivity index (χ4n) is 7.46. The van der Waals surface area contributed by atoms with Crippen molar-refractivity contribution in [3.8, 4) is 0 Å². The zero-order chi connectivity index (χ0) is 21.9. The van der Waals surface area contributed by atoms with Crippen LogP contribution in [-0.4, -0.2) is 17.4 Å². The summed E-state index contributed by atoms with van der Waals surface area (Å²) in [7, 11) is 0.